The summed E-state index contributed by atoms with van der Waals surface area (Å²) in [7, 11) is 2.00. The van der Waals surface area contributed by atoms with E-state index in [0.29, 0.717) is 12.0 Å². The van der Waals surface area contributed by atoms with Gasteiger partial charge in [-0.05, 0) is 31.8 Å². The van der Waals surface area contributed by atoms with Gasteiger partial charge < -0.3 is 15.3 Å². The van der Waals surface area contributed by atoms with Crippen LogP contribution in [0.25, 0.3) is 0 Å². The summed E-state index contributed by atoms with van der Waals surface area (Å²) in [6, 6.07) is 2.63. The molecule has 0 radical (unpaired) electrons. The first-order valence-corrected chi connectivity index (χ1v) is 6.77. The third-order valence-corrected chi connectivity index (χ3v) is 4.12. The van der Waals surface area contributed by atoms with Gasteiger partial charge in [-0.25, -0.2) is 0 Å². The number of nitrogens with zero attached hydrogens (tertiary/aromatic N) is 1. The average molecular weight is 240 g/mol. The minimum absolute atomic E-state index is 0.225. The number of anilines is 1. The molecule has 90 valence electrons. The highest BCUT2D eigenvalue weighted by Gasteiger charge is 2.29. The standard InChI is InChI=1S/C12H20N2OS/c1-9(15)10-5-11(13-2)7-14(6-10)12-3-4-16-8-12/h3-4,8-11,13,15H,5-7H2,1-2H3. The summed E-state index contributed by atoms with van der Waals surface area (Å²) < 4.78 is 0. The number of hydrogen-bond donors (Lipinski definition) is 2. The Bertz CT molecular complexity index is 313. The molecule has 1 aliphatic rings. The molecule has 1 aromatic heterocycles. The molecule has 4 heteroatoms. The van der Waals surface area contributed by atoms with Crippen LogP contribution in [0.3, 0.4) is 0 Å². The van der Waals surface area contributed by atoms with Crippen LogP contribution in [0.2, 0.25) is 0 Å². The van der Waals surface area contributed by atoms with Gasteiger partial charge in [-0.1, -0.05) is 0 Å². The van der Waals surface area contributed by atoms with Crippen LogP contribution >= 0.6 is 11.3 Å². The van der Waals surface area contributed by atoms with Gasteiger partial charge in [0.15, 0.2) is 0 Å². The number of nitrogens with one attached hydrogen (secondary N) is 1. The van der Waals surface area contributed by atoms with E-state index in [4.69, 9.17) is 0 Å². The molecule has 16 heavy (non-hydrogen) atoms. The van der Waals surface area contributed by atoms with Crippen molar-refractivity contribution in [3.05, 3.63) is 16.8 Å². The summed E-state index contributed by atoms with van der Waals surface area (Å²) in [5.41, 5.74) is 1.29. The Morgan fingerprint density at radius 3 is 2.94 bits per heavy atom. The van der Waals surface area contributed by atoms with Gasteiger partial charge in [0.1, 0.15) is 0 Å². The van der Waals surface area contributed by atoms with Crippen molar-refractivity contribution in [1.29, 1.82) is 0 Å². The van der Waals surface area contributed by atoms with Crippen LogP contribution in [0.5, 0.6) is 0 Å². The number of piperidine rings is 1. The molecule has 2 rings (SSSR count). The molecule has 3 nitrogen and oxygen atoms in total. The molecule has 1 aromatic rings. The van der Waals surface area contributed by atoms with Crippen LogP contribution in [0, 0.1) is 5.92 Å². The lowest BCUT2D eigenvalue weighted by molar-refractivity contribution is 0.107. The van der Waals surface area contributed by atoms with Gasteiger partial charge in [-0.2, -0.15) is 11.3 Å². The molecule has 3 unspecified atom stereocenters. The molecular formula is C12H20N2OS. The summed E-state index contributed by atoms with van der Waals surface area (Å²) in [6.45, 7) is 3.90. The molecule has 1 fully saturated rings. The van der Waals surface area contributed by atoms with Crippen molar-refractivity contribution in [1.82, 2.24) is 5.32 Å². The third-order valence-electron chi connectivity index (χ3n) is 3.44. The molecule has 3 atom stereocenters. The molecule has 0 spiro atoms. The second-order valence-electron chi connectivity index (χ2n) is 4.61. The molecule has 0 amide bonds. The van der Waals surface area contributed by atoms with Crippen LogP contribution in [-0.2, 0) is 0 Å². The van der Waals surface area contributed by atoms with Crippen molar-refractivity contribution in [2.24, 2.45) is 5.92 Å². The number of aliphatic hydroxyl groups is 1. The molecule has 0 bridgehead atoms. The fourth-order valence-electron chi connectivity index (χ4n) is 2.34. The Kier molecular flexibility index (Phi) is 3.84. The maximum absolute atomic E-state index is 9.75. The van der Waals surface area contributed by atoms with Crippen LogP contribution in [0.4, 0.5) is 5.69 Å². The normalized spacial score (nSPS) is 28.1. The summed E-state index contributed by atoms with van der Waals surface area (Å²) in [5, 5.41) is 17.4. The van der Waals surface area contributed by atoms with Gasteiger partial charge in [0, 0.05) is 36.1 Å². The molecule has 1 aliphatic heterocycles. The Morgan fingerprint density at radius 1 is 1.56 bits per heavy atom. The van der Waals surface area contributed by atoms with Gasteiger partial charge in [0.25, 0.3) is 0 Å². The lowest BCUT2D eigenvalue weighted by atomic mass is 9.90. The summed E-state index contributed by atoms with van der Waals surface area (Å²) >= 11 is 1.73. The van der Waals surface area contributed by atoms with Crippen molar-refractivity contribution in [3.63, 3.8) is 0 Å². The predicted molar refractivity (Wildman–Crippen MR) is 69.2 cm³/mol. The van der Waals surface area contributed by atoms with E-state index in [9.17, 15) is 5.11 Å². The highest BCUT2D eigenvalue weighted by molar-refractivity contribution is 7.08. The van der Waals surface area contributed by atoms with Crippen molar-refractivity contribution in [2.75, 3.05) is 25.0 Å². The Balaban J connectivity index is 2.08. The monoisotopic (exact) mass is 240 g/mol. The fraction of sp³-hybridized carbons (Fsp3) is 0.667. The number of thiophene rings is 1. The SMILES string of the molecule is CNC1CC(C(C)O)CN(c2ccsc2)C1. The maximum Gasteiger partial charge on any atom is 0.0557 e. The molecule has 2 N–H and O–H groups in total. The maximum atomic E-state index is 9.75. The van der Waals surface area contributed by atoms with Crippen LogP contribution < -0.4 is 10.2 Å². The van der Waals surface area contributed by atoms with E-state index in [0.717, 1.165) is 19.5 Å². The topological polar surface area (TPSA) is 35.5 Å². The lowest BCUT2D eigenvalue weighted by Crippen LogP contribution is -2.50. The van der Waals surface area contributed by atoms with Gasteiger partial charge in [-0.3, -0.25) is 0 Å². The molecule has 0 aliphatic carbocycles. The zero-order valence-corrected chi connectivity index (χ0v) is 10.7. The van der Waals surface area contributed by atoms with Crippen LogP contribution in [0.1, 0.15) is 13.3 Å². The van der Waals surface area contributed by atoms with E-state index in [1.165, 1.54) is 5.69 Å². The van der Waals surface area contributed by atoms with E-state index < -0.39 is 0 Å². The smallest absolute Gasteiger partial charge is 0.0557 e. The van der Waals surface area contributed by atoms with E-state index in [1.807, 2.05) is 14.0 Å². The van der Waals surface area contributed by atoms with E-state index >= 15 is 0 Å². The van der Waals surface area contributed by atoms with Crippen molar-refractivity contribution in [2.45, 2.75) is 25.5 Å². The Labute approximate surface area is 101 Å². The first kappa shape index (κ1) is 11.9. The summed E-state index contributed by atoms with van der Waals surface area (Å²) in [5.74, 6) is 0.367. The van der Waals surface area contributed by atoms with Crippen molar-refractivity contribution >= 4 is 17.0 Å². The first-order chi connectivity index (χ1) is 7.70. The molecule has 1 saturated heterocycles. The molecule has 2 heterocycles. The van der Waals surface area contributed by atoms with E-state index in [2.05, 4.69) is 27.0 Å². The zero-order chi connectivity index (χ0) is 11.5. The lowest BCUT2D eigenvalue weighted by Gasteiger charge is -2.39. The second-order valence-corrected chi connectivity index (χ2v) is 5.39. The van der Waals surface area contributed by atoms with Crippen molar-refractivity contribution < 1.29 is 5.11 Å². The predicted octanol–water partition coefficient (Wildman–Crippen LogP) is 1.54. The molecular weight excluding hydrogens is 220 g/mol. The van der Waals surface area contributed by atoms with Gasteiger partial charge in [-0.15, -0.1) is 0 Å². The Morgan fingerprint density at radius 2 is 2.38 bits per heavy atom. The first-order valence-electron chi connectivity index (χ1n) is 5.83. The number of hydrogen-bond acceptors (Lipinski definition) is 4. The van der Waals surface area contributed by atoms with Gasteiger partial charge in [0.05, 0.1) is 6.10 Å². The van der Waals surface area contributed by atoms with Gasteiger partial charge >= 0.3 is 0 Å². The molecule has 0 saturated carbocycles. The fourth-order valence-corrected chi connectivity index (χ4v) is 3.01. The van der Waals surface area contributed by atoms with Crippen molar-refractivity contribution in [3.8, 4) is 0 Å². The minimum atomic E-state index is -0.225. The highest BCUT2D eigenvalue weighted by atomic mass is 32.1. The largest absolute Gasteiger partial charge is 0.393 e. The van der Waals surface area contributed by atoms with Crippen LogP contribution in [-0.4, -0.2) is 37.4 Å². The number of rotatable bonds is 3. The zero-order valence-electron chi connectivity index (χ0n) is 9.89. The highest BCUT2D eigenvalue weighted by Crippen LogP contribution is 2.26. The van der Waals surface area contributed by atoms with E-state index in [-0.39, 0.29) is 6.10 Å². The second kappa shape index (κ2) is 5.17. The molecule has 0 aromatic carbocycles. The minimum Gasteiger partial charge on any atom is -0.393 e. The van der Waals surface area contributed by atoms with E-state index in [1.54, 1.807) is 11.3 Å². The number of aliphatic hydroxyl groups excluding tert-OH is 1. The summed E-state index contributed by atoms with van der Waals surface area (Å²) in [6.07, 6.45) is 0.840. The average Bonchev–Trinajstić information content (AvgIpc) is 2.81. The quantitative estimate of drug-likeness (QED) is 0.841. The summed E-state index contributed by atoms with van der Waals surface area (Å²) in [4.78, 5) is 2.37. The third kappa shape index (κ3) is 2.56. The Hall–Kier alpha value is -0.580. The van der Waals surface area contributed by atoms with Crippen LogP contribution in [0.15, 0.2) is 16.8 Å². The number of likely N-dealkylation sites (N-methyl/N-ethyl adjacent to an activating group) is 1. The van der Waals surface area contributed by atoms with Gasteiger partial charge in [0.2, 0.25) is 0 Å².